The molecule has 0 amide bonds. The first-order valence-corrected chi connectivity index (χ1v) is 7.63. The number of nitrogens with zero attached hydrogens (tertiary/aromatic N) is 1. The molecule has 2 aromatic rings. The number of hydrogen-bond acceptors (Lipinski definition) is 3. The minimum atomic E-state index is -3.96. The van der Waals surface area contributed by atoms with Crippen molar-refractivity contribution in [2.75, 3.05) is 0 Å². The van der Waals surface area contributed by atoms with Crippen molar-refractivity contribution in [2.24, 2.45) is 0 Å². The fourth-order valence-corrected chi connectivity index (χ4v) is 3.16. The van der Waals surface area contributed by atoms with Crippen molar-refractivity contribution in [2.45, 2.75) is 17.9 Å². The van der Waals surface area contributed by atoms with Crippen LogP contribution in [0, 0.1) is 5.82 Å². The fraction of sp³-hybridized carbons (Fsp3) is 0.154. The molecule has 0 bridgehead atoms. The third kappa shape index (κ3) is 3.33. The number of hydrogen-bond donors (Lipinski definition) is 1. The Hall–Kier alpha value is -1.50. The third-order valence-electron chi connectivity index (χ3n) is 2.72. The van der Waals surface area contributed by atoms with E-state index in [1.165, 1.54) is 6.07 Å². The van der Waals surface area contributed by atoms with E-state index < -0.39 is 26.8 Å². The molecule has 1 heterocycles. The molecule has 0 aliphatic heterocycles. The summed E-state index contributed by atoms with van der Waals surface area (Å²) in [5, 5.41) is 0.142. The van der Waals surface area contributed by atoms with E-state index in [0.717, 1.165) is 17.7 Å². The predicted octanol–water partition coefficient (Wildman–Crippen LogP) is 2.91. The van der Waals surface area contributed by atoms with Gasteiger partial charge in [0, 0.05) is 23.5 Å². The molecule has 1 N–H and O–H groups in total. The molecular weight excluding hydrogens is 303 g/mol. The summed E-state index contributed by atoms with van der Waals surface area (Å²) < 4.78 is 40.4. The van der Waals surface area contributed by atoms with Crippen LogP contribution in [0.4, 0.5) is 4.39 Å². The molecule has 106 valence electrons. The Morgan fingerprint density at radius 1 is 1.25 bits per heavy atom. The van der Waals surface area contributed by atoms with E-state index in [2.05, 4.69) is 9.71 Å². The van der Waals surface area contributed by atoms with E-state index in [0.29, 0.717) is 0 Å². The highest BCUT2D eigenvalue weighted by Gasteiger charge is 2.22. The Balaban J connectivity index is 2.28. The van der Waals surface area contributed by atoms with E-state index in [-0.39, 0.29) is 5.02 Å². The van der Waals surface area contributed by atoms with Gasteiger partial charge in [-0.05, 0) is 42.8 Å². The highest BCUT2D eigenvalue weighted by molar-refractivity contribution is 7.89. The third-order valence-corrected chi connectivity index (χ3v) is 4.53. The highest BCUT2D eigenvalue weighted by Crippen LogP contribution is 2.21. The van der Waals surface area contributed by atoms with Crippen molar-refractivity contribution in [1.29, 1.82) is 0 Å². The van der Waals surface area contributed by atoms with E-state index >= 15 is 0 Å². The Bertz CT molecular complexity index is 708. The number of sulfonamides is 1. The Labute approximate surface area is 121 Å². The molecule has 4 nitrogen and oxygen atoms in total. The van der Waals surface area contributed by atoms with Crippen LogP contribution in [0.2, 0.25) is 5.02 Å². The topological polar surface area (TPSA) is 59.1 Å². The summed E-state index contributed by atoms with van der Waals surface area (Å²) >= 11 is 5.61. The number of halogens is 2. The minimum Gasteiger partial charge on any atom is -0.265 e. The summed E-state index contributed by atoms with van der Waals surface area (Å²) in [6.07, 6.45) is 3.12. The molecule has 0 aliphatic rings. The van der Waals surface area contributed by atoms with E-state index in [1.807, 2.05) is 0 Å². The lowest BCUT2D eigenvalue weighted by molar-refractivity contribution is 0.547. The van der Waals surface area contributed by atoms with Gasteiger partial charge in [-0.15, -0.1) is 0 Å². The molecule has 1 atom stereocenters. The second-order valence-electron chi connectivity index (χ2n) is 4.20. The van der Waals surface area contributed by atoms with Crippen molar-refractivity contribution >= 4 is 21.6 Å². The molecule has 1 aromatic heterocycles. The maximum absolute atomic E-state index is 13.7. The molecule has 1 aromatic carbocycles. The van der Waals surface area contributed by atoms with Crippen LogP contribution in [0.5, 0.6) is 0 Å². The van der Waals surface area contributed by atoms with Gasteiger partial charge in [0.25, 0.3) is 0 Å². The molecular formula is C13H12ClFN2O2S. The van der Waals surface area contributed by atoms with Gasteiger partial charge in [0.2, 0.25) is 10.0 Å². The Morgan fingerprint density at radius 3 is 2.50 bits per heavy atom. The minimum absolute atomic E-state index is 0.142. The zero-order valence-corrected chi connectivity index (χ0v) is 12.1. The fourth-order valence-electron chi connectivity index (χ4n) is 1.71. The normalized spacial score (nSPS) is 13.2. The van der Waals surface area contributed by atoms with E-state index in [1.54, 1.807) is 31.5 Å². The van der Waals surface area contributed by atoms with Crippen LogP contribution >= 0.6 is 11.6 Å². The van der Waals surface area contributed by atoms with E-state index in [4.69, 9.17) is 11.6 Å². The molecule has 0 radical (unpaired) electrons. The monoisotopic (exact) mass is 314 g/mol. The van der Waals surface area contributed by atoms with Crippen LogP contribution in [-0.4, -0.2) is 13.4 Å². The number of aromatic nitrogens is 1. The second kappa shape index (κ2) is 5.87. The molecule has 20 heavy (non-hydrogen) atoms. The zero-order valence-electron chi connectivity index (χ0n) is 10.5. The standard InChI is InChI=1S/C13H12ClFN2O2S/c1-9(10-4-6-16-7-5-10)17-20(18,19)13-3-2-11(14)8-12(13)15/h2-9,17H,1H3/t9-/m0/s1. The Kier molecular flexibility index (Phi) is 4.37. The van der Waals surface area contributed by atoms with Crippen LogP contribution < -0.4 is 4.72 Å². The first-order valence-electron chi connectivity index (χ1n) is 5.77. The average Bonchev–Trinajstić information content (AvgIpc) is 2.38. The molecule has 0 saturated carbocycles. The van der Waals surface area contributed by atoms with Gasteiger partial charge >= 0.3 is 0 Å². The first-order chi connectivity index (χ1) is 9.40. The van der Waals surface area contributed by atoms with Gasteiger partial charge in [-0.2, -0.15) is 0 Å². The summed E-state index contributed by atoms with van der Waals surface area (Å²) in [4.78, 5) is 3.43. The maximum Gasteiger partial charge on any atom is 0.244 e. The molecule has 2 rings (SSSR count). The number of nitrogens with one attached hydrogen (secondary N) is 1. The molecule has 0 fully saturated rings. The van der Waals surface area contributed by atoms with Crippen LogP contribution in [0.15, 0.2) is 47.6 Å². The number of pyridine rings is 1. The molecule has 0 aliphatic carbocycles. The predicted molar refractivity (Wildman–Crippen MR) is 74.4 cm³/mol. The van der Waals surface area contributed by atoms with Crippen LogP contribution in [0.25, 0.3) is 0 Å². The van der Waals surface area contributed by atoms with Gasteiger partial charge in [0.05, 0.1) is 0 Å². The number of rotatable bonds is 4. The first kappa shape index (κ1) is 14.9. The number of benzene rings is 1. The van der Waals surface area contributed by atoms with Gasteiger partial charge in [-0.3, -0.25) is 4.98 Å². The average molecular weight is 315 g/mol. The SMILES string of the molecule is C[C@H](NS(=O)(=O)c1ccc(Cl)cc1F)c1ccncc1. The molecule has 0 spiro atoms. The quantitative estimate of drug-likeness (QED) is 0.944. The summed E-state index contributed by atoms with van der Waals surface area (Å²) in [7, 11) is -3.96. The lowest BCUT2D eigenvalue weighted by Crippen LogP contribution is -2.27. The summed E-state index contributed by atoms with van der Waals surface area (Å²) in [6.45, 7) is 1.67. The maximum atomic E-state index is 13.7. The summed E-state index contributed by atoms with van der Waals surface area (Å²) in [5.41, 5.74) is 0.734. The summed E-state index contributed by atoms with van der Waals surface area (Å²) in [6, 6.07) is 6.30. The largest absolute Gasteiger partial charge is 0.265 e. The molecule has 0 saturated heterocycles. The second-order valence-corrected chi connectivity index (χ2v) is 6.32. The van der Waals surface area contributed by atoms with Crippen LogP contribution in [0.1, 0.15) is 18.5 Å². The van der Waals surface area contributed by atoms with Crippen molar-refractivity contribution in [3.8, 4) is 0 Å². The molecule has 7 heteroatoms. The van der Waals surface area contributed by atoms with Crippen molar-refractivity contribution in [1.82, 2.24) is 9.71 Å². The zero-order chi connectivity index (χ0) is 14.8. The van der Waals surface area contributed by atoms with Gasteiger partial charge in [-0.25, -0.2) is 17.5 Å². The summed E-state index contributed by atoms with van der Waals surface area (Å²) in [5.74, 6) is -0.882. The van der Waals surface area contributed by atoms with Crippen molar-refractivity contribution < 1.29 is 12.8 Å². The lowest BCUT2D eigenvalue weighted by atomic mass is 10.1. The van der Waals surface area contributed by atoms with Crippen LogP contribution in [0.3, 0.4) is 0 Å². The van der Waals surface area contributed by atoms with Gasteiger partial charge in [0.1, 0.15) is 10.7 Å². The molecule has 0 unspecified atom stereocenters. The van der Waals surface area contributed by atoms with Crippen molar-refractivity contribution in [3.05, 3.63) is 59.1 Å². The van der Waals surface area contributed by atoms with Gasteiger partial charge in [0.15, 0.2) is 0 Å². The smallest absolute Gasteiger partial charge is 0.244 e. The Morgan fingerprint density at radius 2 is 1.90 bits per heavy atom. The lowest BCUT2D eigenvalue weighted by Gasteiger charge is -2.14. The highest BCUT2D eigenvalue weighted by atomic mass is 35.5. The van der Waals surface area contributed by atoms with Gasteiger partial charge in [-0.1, -0.05) is 11.6 Å². The van der Waals surface area contributed by atoms with Crippen molar-refractivity contribution in [3.63, 3.8) is 0 Å². The van der Waals surface area contributed by atoms with E-state index in [9.17, 15) is 12.8 Å². The van der Waals surface area contributed by atoms with Gasteiger partial charge < -0.3 is 0 Å². The van der Waals surface area contributed by atoms with Crippen LogP contribution in [-0.2, 0) is 10.0 Å².